The number of rotatable bonds is 5. The number of anilines is 3. The van der Waals surface area contributed by atoms with Gasteiger partial charge in [-0.25, -0.2) is 4.98 Å². The van der Waals surface area contributed by atoms with Crippen LogP contribution in [-0.2, 0) is 6.42 Å². The lowest BCUT2D eigenvalue weighted by Crippen LogP contribution is -2.31. The van der Waals surface area contributed by atoms with E-state index in [1.807, 2.05) is 4.57 Å². The maximum absolute atomic E-state index is 13.5. The third-order valence-corrected chi connectivity index (χ3v) is 6.09. The van der Waals surface area contributed by atoms with Crippen molar-refractivity contribution >= 4 is 51.7 Å². The van der Waals surface area contributed by atoms with E-state index in [-0.39, 0.29) is 28.4 Å². The summed E-state index contributed by atoms with van der Waals surface area (Å²) in [4.78, 5) is 26.2. The normalized spacial score (nSPS) is 16.9. The van der Waals surface area contributed by atoms with Crippen molar-refractivity contribution in [1.82, 2.24) is 24.8 Å². The molecule has 0 aliphatic carbocycles. The van der Waals surface area contributed by atoms with Crippen molar-refractivity contribution in [2.45, 2.75) is 31.7 Å². The SMILES string of the molecule is Nc1nc(N)c(Cl)c(NCCc2nc3cccc(Cl)c3c(=O)n2[C@H]2CCCNCC2)n1. The first-order valence-corrected chi connectivity index (χ1v) is 10.9. The molecule has 6 N–H and O–H groups in total. The molecule has 1 aliphatic heterocycles. The van der Waals surface area contributed by atoms with Gasteiger partial charge in [0.25, 0.3) is 5.56 Å². The number of fused-ring (bicyclic) bond motifs is 1. The lowest BCUT2D eigenvalue weighted by atomic mass is 10.1. The van der Waals surface area contributed by atoms with E-state index in [9.17, 15) is 4.79 Å². The van der Waals surface area contributed by atoms with Crippen LogP contribution in [0, 0.1) is 0 Å². The number of nitrogens with two attached hydrogens (primary N) is 2. The fraction of sp³-hybridized carbons (Fsp3) is 0.400. The number of benzene rings is 1. The Morgan fingerprint density at radius 3 is 2.84 bits per heavy atom. The Morgan fingerprint density at radius 1 is 1.16 bits per heavy atom. The van der Waals surface area contributed by atoms with E-state index in [0.717, 1.165) is 32.4 Å². The van der Waals surface area contributed by atoms with E-state index in [1.165, 1.54) is 0 Å². The van der Waals surface area contributed by atoms with Gasteiger partial charge < -0.3 is 22.1 Å². The van der Waals surface area contributed by atoms with Crippen LogP contribution in [-0.4, -0.2) is 39.2 Å². The number of nitrogen functional groups attached to an aromatic ring is 2. The van der Waals surface area contributed by atoms with E-state index in [4.69, 9.17) is 39.7 Å². The van der Waals surface area contributed by atoms with Gasteiger partial charge in [-0.15, -0.1) is 0 Å². The second kappa shape index (κ2) is 9.25. The molecule has 0 spiro atoms. The first kappa shape index (κ1) is 21.6. The highest BCUT2D eigenvalue weighted by Gasteiger charge is 2.21. The molecule has 3 heterocycles. The molecule has 31 heavy (non-hydrogen) atoms. The molecule has 1 aromatic carbocycles. The summed E-state index contributed by atoms with van der Waals surface area (Å²) < 4.78 is 1.81. The van der Waals surface area contributed by atoms with Crippen LogP contribution in [0.2, 0.25) is 10.0 Å². The van der Waals surface area contributed by atoms with Crippen molar-refractivity contribution in [3.63, 3.8) is 0 Å². The summed E-state index contributed by atoms with van der Waals surface area (Å²) in [6, 6.07) is 5.38. The van der Waals surface area contributed by atoms with Crippen molar-refractivity contribution in [3.8, 4) is 0 Å². The van der Waals surface area contributed by atoms with Crippen LogP contribution in [0.5, 0.6) is 0 Å². The molecule has 0 bridgehead atoms. The van der Waals surface area contributed by atoms with E-state index >= 15 is 0 Å². The number of aromatic nitrogens is 4. The van der Waals surface area contributed by atoms with Crippen LogP contribution in [0.25, 0.3) is 10.9 Å². The van der Waals surface area contributed by atoms with Gasteiger partial charge >= 0.3 is 0 Å². The Kier molecular flexibility index (Phi) is 6.45. The molecule has 1 saturated heterocycles. The van der Waals surface area contributed by atoms with Crippen LogP contribution in [0.15, 0.2) is 23.0 Å². The second-order valence-corrected chi connectivity index (χ2v) is 8.26. The van der Waals surface area contributed by atoms with E-state index in [1.54, 1.807) is 18.2 Å². The minimum absolute atomic E-state index is 0.0331. The maximum Gasteiger partial charge on any atom is 0.263 e. The van der Waals surface area contributed by atoms with Crippen LogP contribution in [0.1, 0.15) is 31.1 Å². The monoisotopic (exact) mass is 462 g/mol. The molecule has 0 amide bonds. The largest absolute Gasteiger partial charge is 0.382 e. The van der Waals surface area contributed by atoms with Gasteiger partial charge in [0.15, 0.2) is 5.82 Å². The minimum Gasteiger partial charge on any atom is -0.382 e. The molecule has 4 rings (SSSR count). The van der Waals surface area contributed by atoms with Crippen molar-refractivity contribution in [2.75, 3.05) is 36.4 Å². The summed E-state index contributed by atoms with van der Waals surface area (Å²) in [7, 11) is 0. The Labute approximate surface area is 189 Å². The molecule has 0 unspecified atom stereocenters. The van der Waals surface area contributed by atoms with Gasteiger partial charge in [0.1, 0.15) is 16.7 Å². The number of halogens is 2. The highest BCUT2D eigenvalue weighted by atomic mass is 35.5. The van der Waals surface area contributed by atoms with E-state index < -0.39 is 0 Å². The molecule has 2 aromatic heterocycles. The van der Waals surface area contributed by atoms with Crippen LogP contribution in [0.3, 0.4) is 0 Å². The first-order chi connectivity index (χ1) is 15.0. The third-order valence-electron chi connectivity index (χ3n) is 5.40. The van der Waals surface area contributed by atoms with Gasteiger partial charge in [0.2, 0.25) is 5.95 Å². The van der Waals surface area contributed by atoms with Gasteiger partial charge in [-0.1, -0.05) is 29.3 Å². The Balaban J connectivity index is 1.69. The summed E-state index contributed by atoms with van der Waals surface area (Å²) in [5.74, 6) is 1.18. The molecule has 1 atom stereocenters. The molecule has 11 heteroatoms. The van der Waals surface area contributed by atoms with E-state index in [2.05, 4.69) is 20.6 Å². The molecule has 0 radical (unpaired) electrons. The summed E-state index contributed by atoms with van der Waals surface area (Å²) in [5, 5.41) is 7.60. The van der Waals surface area contributed by atoms with Gasteiger partial charge in [0.05, 0.1) is 15.9 Å². The first-order valence-electron chi connectivity index (χ1n) is 10.2. The predicted octanol–water partition coefficient (Wildman–Crippen LogP) is 2.63. The molecular formula is C20H24Cl2N8O. The maximum atomic E-state index is 13.5. The zero-order valence-corrected chi connectivity index (χ0v) is 18.4. The zero-order chi connectivity index (χ0) is 22.0. The standard InChI is InChI=1S/C20H24Cl2N8O/c21-12-4-1-5-13-15(12)19(31)30(11-3-2-8-25-9-6-11)14(27-13)7-10-26-18-16(22)17(23)28-20(24)29-18/h1,4-5,11,25H,2-3,6-10H2,(H5,23,24,26,28,29)/t11-/m0/s1. The Morgan fingerprint density at radius 2 is 2.00 bits per heavy atom. The lowest BCUT2D eigenvalue weighted by Gasteiger charge is -2.22. The zero-order valence-electron chi connectivity index (χ0n) is 16.9. The van der Waals surface area contributed by atoms with Crippen molar-refractivity contribution in [2.24, 2.45) is 0 Å². The lowest BCUT2D eigenvalue weighted by molar-refractivity contribution is 0.424. The minimum atomic E-state index is -0.106. The van der Waals surface area contributed by atoms with Gasteiger partial charge in [-0.05, 0) is 44.5 Å². The van der Waals surface area contributed by atoms with Crippen LogP contribution < -0.4 is 27.7 Å². The summed E-state index contributed by atoms with van der Waals surface area (Å²) in [6.45, 7) is 2.22. The van der Waals surface area contributed by atoms with Crippen molar-refractivity contribution < 1.29 is 0 Å². The Hall–Kier alpha value is -2.62. The highest BCUT2D eigenvalue weighted by Crippen LogP contribution is 2.26. The quantitative estimate of drug-likeness (QED) is 0.453. The molecular weight excluding hydrogens is 439 g/mol. The fourth-order valence-corrected chi connectivity index (χ4v) is 4.35. The molecule has 1 fully saturated rings. The van der Waals surface area contributed by atoms with Crippen molar-refractivity contribution in [1.29, 1.82) is 0 Å². The predicted molar refractivity (Wildman–Crippen MR) is 125 cm³/mol. The highest BCUT2D eigenvalue weighted by molar-refractivity contribution is 6.35. The number of nitrogens with one attached hydrogen (secondary N) is 2. The van der Waals surface area contributed by atoms with Crippen LogP contribution >= 0.6 is 23.2 Å². The molecule has 164 valence electrons. The third kappa shape index (κ3) is 4.53. The second-order valence-electron chi connectivity index (χ2n) is 7.48. The fourth-order valence-electron chi connectivity index (χ4n) is 3.95. The smallest absolute Gasteiger partial charge is 0.263 e. The van der Waals surface area contributed by atoms with Gasteiger partial charge in [-0.3, -0.25) is 9.36 Å². The molecule has 9 nitrogen and oxygen atoms in total. The summed E-state index contributed by atoms with van der Waals surface area (Å²) in [5.41, 5.74) is 11.9. The average Bonchev–Trinajstić information content (AvgIpc) is 3.01. The topological polar surface area (TPSA) is 137 Å². The summed E-state index contributed by atoms with van der Waals surface area (Å²) >= 11 is 12.5. The number of hydrogen-bond acceptors (Lipinski definition) is 8. The molecule has 0 saturated carbocycles. The molecule has 3 aromatic rings. The molecule has 1 aliphatic rings. The van der Waals surface area contributed by atoms with Crippen LogP contribution in [0.4, 0.5) is 17.6 Å². The van der Waals surface area contributed by atoms with Crippen molar-refractivity contribution in [3.05, 3.63) is 44.4 Å². The average molecular weight is 463 g/mol. The number of hydrogen-bond donors (Lipinski definition) is 4. The number of nitrogens with zero attached hydrogens (tertiary/aromatic N) is 4. The van der Waals surface area contributed by atoms with Gasteiger partial charge in [0, 0.05) is 19.0 Å². The van der Waals surface area contributed by atoms with Gasteiger partial charge in [-0.2, -0.15) is 9.97 Å². The Bertz CT molecular complexity index is 1160. The van der Waals surface area contributed by atoms with E-state index in [0.29, 0.717) is 40.5 Å². The summed E-state index contributed by atoms with van der Waals surface area (Å²) in [6.07, 6.45) is 3.21.